The molecule has 0 saturated heterocycles. The Hall–Kier alpha value is -0.960. The van der Waals surface area contributed by atoms with Gasteiger partial charge in [-0.15, -0.1) is 0 Å². The molecule has 0 amide bonds. The summed E-state index contributed by atoms with van der Waals surface area (Å²) in [6.45, 7) is 2.56. The zero-order chi connectivity index (χ0) is 8.10. The number of aliphatic hydroxyl groups excluding tert-OH is 1. The minimum Gasteiger partial charge on any atom is -0.391 e. The van der Waals surface area contributed by atoms with Crippen molar-refractivity contribution in [2.45, 2.75) is 19.4 Å². The van der Waals surface area contributed by atoms with Gasteiger partial charge in [0.1, 0.15) is 0 Å². The summed E-state index contributed by atoms with van der Waals surface area (Å²) in [4.78, 5) is 0. The molecular formula is C8H14N2O. The van der Waals surface area contributed by atoms with E-state index in [4.69, 9.17) is 0 Å². The van der Waals surface area contributed by atoms with Crippen LogP contribution in [-0.2, 0) is 0 Å². The van der Waals surface area contributed by atoms with Crippen LogP contribution in [0.5, 0.6) is 0 Å². The molecule has 11 heavy (non-hydrogen) atoms. The van der Waals surface area contributed by atoms with Crippen molar-refractivity contribution in [1.82, 2.24) is 4.68 Å². The van der Waals surface area contributed by atoms with Crippen molar-refractivity contribution in [3.05, 3.63) is 24.5 Å². The van der Waals surface area contributed by atoms with Gasteiger partial charge in [0.2, 0.25) is 0 Å². The minimum atomic E-state index is -0.252. The molecule has 1 heterocycles. The third-order valence-electron chi connectivity index (χ3n) is 1.59. The van der Waals surface area contributed by atoms with E-state index in [2.05, 4.69) is 5.43 Å². The Balaban J connectivity index is 2.23. The van der Waals surface area contributed by atoms with Crippen LogP contribution < -0.4 is 5.43 Å². The van der Waals surface area contributed by atoms with Crippen LogP contribution in [0.1, 0.15) is 13.3 Å². The molecule has 3 heteroatoms. The van der Waals surface area contributed by atoms with E-state index in [0.29, 0.717) is 6.54 Å². The third kappa shape index (κ3) is 2.63. The minimum absolute atomic E-state index is 0.252. The molecule has 0 fully saturated rings. The first-order valence-corrected chi connectivity index (χ1v) is 3.88. The second-order valence-corrected chi connectivity index (χ2v) is 2.51. The van der Waals surface area contributed by atoms with E-state index in [1.165, 1.54) is 0 Å². The highest BCUT2D eigenvalue weighted by molar-refractivity contribution is 4.93. The second kappa shape index (κ2) is 4.03. The van der Waals surface area contributed by atoms with Crippen molar-refractivity contribution >= 4 is 0 Å². The molecule has 0 aromatic carbocycles. The van der Waals surface area contributed by atoms with Crippen LogP contribution in [0.3, 0.4) is 0 Å². The van der Waals surface area contributed by atoms with Gasteiger partial charge in [-0.2, -0.15) is 0 Å². The van der Waals surface area contributed by atoms with Gasteiger partial charge in [0.05, 0.1) is 12.6 Å². The van der Waals surface area contributed by atoms with Crippen molar-refractivity contribution in [1.29, 1.82) is 0 Å². The molecule has 0 radical (unpaired) electrons. The Labute approximate surface area is 66.6 Å². The van der Waals surface area contributed by atoms with Crippen molar-refractivity contribution in [2.75, 3.05) is 12.0 Å². The van der Waals surface area contributed by atoms with Crippen LogP contribution in [0, 0.1) is 0 Å². The van der Waals surface area contributed by atoms with Crippen LogP contribution in [0.25, 0.3) is 0 Å². The molecule has 1 atom stereocenters. The van der Waals surface area contributed by atoms with E-state index in [1.807, 2.05) is 36.1 Å². The van der Waals surface area contributed by atoms with E-state index in [-0.39, 0.29) is 6.10 Å². The molecule has 1 aromatic heterocycles. The number of rotatable bonds is 4. The Morgan fingerprint density at radius 2 is 2.09 bits per heavy atom. The maximum atomic E-state index is 9.18. The molecular weight excluding hydrogens is 140 g/mol. The fourth-order valence-electron chi connectivity index (χ4n) is 0.795. The van der Waals surface area contributed by atoms with Crippen molar-refractivity contribution in [3.8, 4) is 0 Å². The standard InChI is InChI=1S/C8H14N2O/c1-2-8(11)7-9-10-5-3-4-6-10/h3-6,8-9,11H,2,7H2,1H3. The maximum Gasteiger partial charge on any atom is 0.0726 e. The summed E-state index contributed by atoms with van der Waals surface area (Å²) in [6, 6.07) is 3.87. The summed E-state index contributed by atoms with van der Waals surface area (Å²) in [5.41, 5.74) is 3.04. The highest BCUT2D eigenvalue weighted by Gasteiger charge is 1.97. The van der Waals surface area contributed by atoms with Crippen LogP contribution in [0.2, 0.25) is 0 Å². The number of hydrogen-bond donors (Lipinski definition) is 2. The van der Waals surface area contributed by atoms with Gasteiger partial charge in [0, 0.05) is 12.4 Å². The third-order valence-corrected chi connectivity index (χ3v) is 1.59. The van der Waals surface area contributed by atoms with Crippen molar-refractivity contribution < 1.29 is 5.11 Å². The topological polar surface area (TPSA) is 37.2 Å². The Morgan fingerprint density at radius 1 is 1.45 bits per heavy atom. The summed E-state index contributed by atoms with van der Waals surface area (Å²) in [7, 11) is 0. The molecule has 2 N–H and O–H groups in total. The lowest BCUT2D eigenvalue weighted by atomic mass is 10.3. The molecule has 1 unspecified atom stereocenters. The highest BCUT2D eigenvalue weighted by atomic mass is 16.3. The molecule has 0 spiro atoms. The number of aliphatic hydroxyl groups is 1. The predicted octanol–water partition coefficient (Wildman–Crippen LogP) is 0.802. The van der Waals surface area contributed by atoms with Gasteiger partial charge in [-0.3, -0.25) is 4.68 Å². The van der Waals surface area contributed by atoms with Crippen molar-refractivity contribution in [2.24, 2.45) is 0 Å². The molecule has 1 rings (SSSR count). The number of hydrogen-bond acceptors (Lipinski definition) is 2. The van der Waals surface area contributed by atoms with Gasteiger partial charge >= 0.3 is 0 Å². The van der Waals surface area contributed by atoms with Gasteiger partial charge < -0.3 is 10.5 Å². The lowest BCUT2D eigenvalue weighted by Gasteiger charge is -2.10. The first-order chi connectivity index (χ1) is 5.33. The molecule has 0 aliphatic carbocycles. The van der Waals surface area contributed by atoms with E-state index in [9.17, 15) is 5.11 Å². The van der Waals surface area contributed by atoms with Crippen LogP contribution in [0.4, 0.5) is 0 Å². The number of nitrogens with zero attached hydrogens (tertiary/aromatic N) is 1. The molecule has 3 nitrogen and oxygen atoms in total. The van der Waals surface area contributed by atoms with Gasteiger partial charge in [-0.05, 0) is 18.6 Å². The zero-order valence-corrected chi connectivity index (χ0v) is 6.70. The largest absolute Gasteiger partial charge is 0.391 e. The van der Waals surface area contributed by atoms with E-state index in [0.717, 1.165) is 6.42 Å². The lowest BCUT2D eigenvalue weighted by molar-refractivity contribution is 0.180. The fraction of sp³-hybridized carbons (Fsp3) is 0.500. The van der Waals surface area contributed by atoms with Crippen LogP contribution in [0.15, 0.2) is 24.5 Å². The summed E-state index contributed by atoms with van der Waals surface area (Å²) in [5.74, 6) is 0. The normalized spacial score (nSPS) is 12.9. The first kappa shape index (κ1) is 8.14. The molecule has 0 aliphatic rings. The molecule has 1 aromatic rings. The number of nitrogens with one attached hydrogen (secondary N) is 1. The quantitative estimate of drug-likeness (QED) is 0.673. The Kier molecular flexibility index (Phi) is 2.98. The van der Waals surface area contributed by atoms with Gasteiger partial charge in [0.15, 0.2) is 0 Å². The van der Waals surface area contributed by atoms with Crippen LogP contribution in [-0.4, -0.2) is 22.4 Å². The predicted molar refractivity (Wildman–Crippen MR) is 45.0 cm³/mol. The number of aromatic nitrogens is 1. The maximum absolute atomic E-state index is 9.18. The highest BCUT2D eigenvalue weighted by Crippen LogP contribution is 1.89. The fourth-order valence-corrected chi connectivity index (χ4v) is 0.795. The summed E-state index contributed by atoms with van der Waals surface area (Å²) in [5, 5.41) is 9.18. The molecule has 0 aliphatic heterocycles. The van der Waals surface area contributed by atoms with E-state index < -0.39 is 0 Å². The van der Waals surface area contributed by atoms with Crippen LogP contribution >= 0.6 is 0 Å². The van der Waals surface area contributed by atoms with Crippen molar-refractivity contribution in [3.63, 3.8) is 0 Å². The smallest absolute Gasteiger partial charge is 0.0726 e. The Bertz CT molecular complexity index is 184. The van der Waals surface area contributed by atoms with E-state index in [1.54, 1.807) is 0 Å². The van der Waals surface area contributed by atoms with Gasteiger partial charge in [-0.1, -0.05) is 6.92 Å². The summed E-state index contributed by atoms with van der Waals surface area (Å²) in [6.07, 6.45) is 4.34. The Morgan fingerprint density at radius 3 is 2.64 bits per heavy atom. The molecule has 62 valence electrons. The molecule has 0 bridgehead atoms. The second-order valence-electron chi connectivity index (χ2n) is 2.51. The summed E-state index contributed by atoms with van der Waals surface area (Å²) < 4.78 is 1.83. The average Bonchev–Trinajstić information content (AvgIpc) is 2.52. The van der Waals surface area contributed by atoms with Gasteiger partial charge in [-0.25, -0.2) is 0 Å². The SMILES string of the molecule is CCC(O)CNn1cccc1. The first-order valence-electron chi connectivity index (χ1n) is 3.88. The lowest BCUT2D eigenvalue weighted by Crippen LogP contribution is -2.24. The van der Waals surface area contributed by atoms with Gasteiger partial charge in [0.25, 0.3) is 0 Å². The zero-order valence-electron chi connectivity index (χ0n) is 6.70. The monoisotopic (exact) mass is 154 g/mol. The summed E-state index contributed by atoms with van der Waals surface area (Å²) >= 11 is 0. The average molecular weight is 154 g/mol. The van der Waals surface area contributed by atoms with E-state index >= 15 is 0 Å². The molecule has 0 saturated carbocycles.